The fourth-order valence-corrected chi connectivity index (χ4v) is 2.27. The van der Waals surface area contributed by atoms with E-state index < -0.39 is 15.0 Å². The maximum Gasteiger partial charge on any atom is 0.307 e. The number of hydrogen-bond donors (Lipinski definition) is 0. The van der Waals surface area contributed by atoms with Gasteiger partial charge in [-0.05, 0) is 25.7 Å². The summed E-state index contributed by atoms with van der Waals surface area (Å²) in [7, 11) is 1.40. The summed E-state index contributed by atoms with van der Waals surface area (Å²) in [6.45, 7) is 0. The molecule has 1 aliphatic rings. The Balaban J connectivity index is 2.23. The summed E-state index contributed by atoms with van der Waals surface area (Å²) in [6, 6.07) is 0. The molecule has 0 aliphatic heterocycles. The van der Waals surface area contributed by atoms with Gasteiger partial charge >= 0.3 is 5.97 Å². The molecular formula is C9H15ClO4S. The van der Waals surface area contributed by atoms with Crippen molar-refractivity contribution < 1.29 is 17.9 Å². The highest BCUT2D eigenvalue weighted by molar-refractivity contribution is 8.13. The van der Waals surface area contributed by atoms with Gasteiger partial charge in [-0.1, -0.05) is 6.42 Å². The average Bonchev–Trinajstić information content (AvgIpc) is 2.15. The van der Waals surface area contributed by atoms with Crippen LogP contribution >= 0.6 is 10.7 Å². The van der Waals surface area contributed by atoms with Crippen molar-refractivity contribution in [3.63, 3.8) is 0 Å². The first-order chi connectivity index (χ1) is 6.97. The maximum absolute atomic E-state index is 11.2. The minimum atomic E-state index is -3.59. The topological polar surface area (TPSA) is 60.4 Å². The Bertz CT molecular complexity index is 306. The molecule has 0 amide bonds. The van der Waals surface area contributed by atoms with Crippen molar-refractivity contribution in [2.45, 2.75) is 44.6 Å². The zero-order chi connectivity index (χ0) is 11.3. The third-order valence-electron chi connectivity index (χ3n) is 2.40. The molecule has 0 bridgehead atoms. The first-order valence-corrected chi connectivity index (χ1v) is 7.57. The largest absolute Gasteiger partial charge is 0.462 e. The molecule has 0 spiro atoms. The van der Waals surface area contributed by atoms with Gasteiger partial charge in [0.25, 0.3) is 0 Å². The lowest BCUT2D eigenvalue weighted by Crippen LogP contribution is -2.21. The van der Waals surface area contributed by atoms with Crippen molar-refractivity contribution in [1.82, 2.24) is 0 Å². The van der Waals surface area contributed by atoms with Gasteiger partial charge in [-0.2, -0.15) is 0 Å². The molecule has 1 saturated carbocycles. The Hall–Kier alpha value is -0.290. The first kappa shape index (κ1) is 12.8. The van der Waals surface area contributed by atoms with Crippen LogP contribution in [0.2, 0.25) is 0 Å². The molecule has 0 heterocycles. The highest BCUT2D eigenvalue weighted by Gasteiger charge is 2.18. The third-order valence-corrected chi connectivity index (χ3v) is 3.55. The fraction of sp³-hybridized carbons (Fsp3) is 0.889. The zero-order valence-corrected chi connectivity index (χ0v) is 10.0. The first-order valence-electron chi connectivity index (χ1n) is 5.09. The van der Waals surface area contributed by atoms with Crippen molar-refractivity contribution in [2.75, 3.05) is 5.75 Å². The van der Waals surface area contributed by atoms with E-state index in [9.17, 15) is 13.2 Å². The minimum Gasteiger partial charge on any atom is -0.462 e. The van der Waals surface area contributed by atoms with Gasteiger partial charge in [0.05, 0.1) is 12.2 Å². The molecule has 4 nitrogen and oxygen atoms in total. The molecule has 6 heteroatoms. The molecule has 0 atom stereocenters. The van der Waals surface area contributed by atoms with Gasteiger partial charge < -0.3 is 4.74 Å². The lowest BCUT2D eigenvalue weighted by molar-refractivity contribution is -0.149. The number of rotatable bonds is 4. The Morgan fingerprint density at radius 2 is 1.87 bits per heavy atom. The molecule has 1 rings (SSSR count). The smallest absolute Gasteiger partial charge is 0.307 e. The van der Waals surface area contributed by atoms with Crippen LogP contribution in [0.15, 0.2) is 0 Å². The molecular weight excluding hydrogens is 240 g/mol. The number of hydrogen-bond acceptors (Lipinski definition) is 4. The van der Waals surface area contributed by atoms with Gasteiger partial charge in [0.2, 0.25) is 9.05 Å². The number of halogens is 1. The molecule has 0 saturated heterocycles. The summed E-state index contributed by atoms with van der Waals surface area (Å²) in [5.74, 6) is -0.814. The molecule has 0 radical (unpaired) electrons. The average molecular weight is 255 g/mol. The number of carbonyl (C=O) groups is 1. The second kappa shape index (κ2) is 5.70. The molecule has 1 aliphatic carbocycles. The van der Waals surface area contributed by atoms with E-state index in [4.69, 9.17) is 15.4 Å². The Labute approximate surface area is 94.4 Å². The second-order valence-electron chi connectivity index (χ2n) is 3.74. The molecule has 0 aromatic heterocycles. The van der Waals surface area contributed by atoms with E-state index in [0.29, 0.717) is 0 Å². The van der Waals surface area contributed by atoms with Gasteiger partial charge in [0.1, 0.15) is 6.10 Å². The van der Waals surface area contributed by atoms with Crippen LogP contribution in [0.1, 0.15) is 38.5 Å². The summed E-state index contributed by atoms with van der Waals surface area (Å²) < 4.78 is 26.3. The van der Waals surface area contributed by atoms with E-state index in [1.54, 1.807) is 0 Å². The van der Waals surface area contributed by atoms with E-state index in [1.807, 2.05) is 0 Å². The van der Waals surface area contributed by atoms with Crippen LogP contribution in [0.4, 0.5) is 0 Å². The quantitative estimate of drug-likeness (QED) is 0.567. The third kappa shape index (κ3) is 5.99. The highest BCUT2D eigenvalue weighted by Crippen LogP contribution is 2.20. The summed E-state index contributed by atoms with van der Waals surface area (Å²) in [5, 5.41) is 0. The van der Waals surface area contributed by atoms with E-state index in [1.165, 1.54) is 6.42 Å². The predicted octanol–water partition coefficient (Wildman–Crippen LogP) is 1.82. The van der Waals surface area contributed by atoms with Crippen LogP contribution < -0.4 is 0 Å². The fourth-order valence-electron chi connectivity index (χ4n) is 1.63. The van der Waals surface area contributed by atoms with Crippen LogP contribution in [-0.2, 0) is 18.6 Å². The molecule has 0 aromatic carbocycles. The molecule has 0 N–H and O–H groups in total. The van der Waals surface area contributed by atoms with E-state index in [-0.39, 0.29) is 18.3 Å². The standard InChI is InChI=1S/C9H15ClO4S/c10-15(12,13)7-6-9(11)14-8-4-2-1-3-5-8/h8H,1-7H2. The highest BCUT2D eigenvalue weighted by atomic mass is 35.7. The zero-order valence-electron chi connectivity index (χ0n) is 8.45. The molecule has 88 valence electrons. The number of ether oxygens (including phenoxy) is 1. The molecule has 0 unspecified atom stereocenters. The van der Waals surface area contributed by atoms with Gasteiger partial charge in [-0.3, -0.25) is 4.79 Å². The van der Waals surface area contributed by atoms with E-state index in [0.717, 1.165) is 25.7 Å². The van der Waals surface area contributed by atoms with Crippen molar-refractivity contribution in [2.24, 2.45) is 0 Å². The van der Waals surface area contributed by atoms with Crippen molar-refractivity contribution in [1.29, 1.82) is 0 Å². The monoisotopic (exact) mass is 254 g/mol. The van der Waals surface area contributed by atoms with Gasteiger partial charge in [-0.25, -0.2) is 8.42 Å². The van der Waals surface area contributed by atoms with Crippen LogP contribution in [0.5, 0.6) is 0 Å². The van der Waals surface area contributed by atoms with Gasteiger partial charge in [0, 0.05) is 10.7 Å². The number of esters is 1. The SMILES string of the molecule is O=C(CCS(=O)(=O)Cl)OC1CCCCC1. The lowest BCUT2D eigenvalue weighted by Gasteiger charge is -2.21. The van der Waals surface area contributed by atoms with E-state index in [2.05, 4.69) is 0 Å². The summed E-state index contributed by atoms with van der Waals surface area (Å²) >= 11 is 0. The molecule has 0 aromatic rings. The van der Waals surface area contributed by atoms with Crippen molar-refractivity contribution >= 4 is 25.7 Å². The van der Waals surface area contributed by atoms with Crippen molar-refractivity contribution in [3.05, 3.63) is 0 Å². The van der Waals surface area contributed by atoms with Crippen LogP contribution in [0.25, 0.3) is 0 Å². The summed E-state index contributed by atoms with van der Waals surface area (Å²) in [4.78, 5) is 11.2. The Morgan fingerprint density at radius 3 is 2.40 bits per heavy atom. The normalized spacial score (nSPS) is 18.7. The predicted molar refractivity (Wildman–Crippen MR) is 57.2 cm³/mol. The Kier molecular flexibility index (Phi) is 4.86. The Morgan fingerprint density at radius 1 is 1.27 bits per heavy atom. The maximum atomic E-state index is 11.2. The van der Waals surface area contributed by atoms with Crippen LogP contribution in [0.3, 0.4) is 0 Å². The lowest BCUT2D eigenvalue weighted by atomic mass is 9.98. The summed E-state index contributed by atoms with van der Waals surface area (Å²) in [6.07, 6.45) is 4.94. The second-order valence-corrected chi connectivity index (χ2v) is 6.64. The van der Waals surface area contributed by atoms with Gasteiger partial charge in [-0.15, -0.1) is 0 Å². The summed E-state index contributed by atoms with van der Waals surface area (Å²) in [5.41, 5.74) is 0. The molecule has 15 heavy (non-hydrogen) atoms. The minimum absolute atomic E-state index is 0.0238. The van der Waals surface area contributed by atoms with Gasteiger partial charge in [0.15, 0.2) is 0 Å². The van der Waals surface area contributed by atoms with Crippen LogP contribution in [0, 0.1) is 0 Å². The van der Waals surface area contributed by atoms with Crippen LogP contribution in [-0.4, -0.2) is 26.2 Å². The van der Waals surface area contributed by atoms with Crippen molar-refractivity contribution in [3.8, 4) is 0 Å². The van der Waals surface area contributed by atoms with E-state index >= 15 is 0 Å². The number of carbonyl (C=O) groups excluding carboxylic acids is 1. The molecule has 1 fully saturated rings.